The van der Waals surface area contributed by atoms with Gasteiger partial charge in [0.2, 0.25) is 0 Å². The molecule has 0 amide bonds. The third kappa shape index (κ3) is 2.16. The van der Waals surface area contributed by atoms with Crippen molar-refractivity contribution in [3.63, 3.8) is 0 Å². The number of ketones is 1. The van der Waals surface area contributed by atoms with Gasteiger partial charge in [-0.1, -0.05) is 6.07 Å². The average Bonchev–Trinajstić information content (AvgIpc) is 2.70. The zero-order valence-corrected chi connectivity index (χ0v) is 10.1. The van der Waals surface area contributed by atoms with E-state index in [4.69, 9.17) is 0 Å². The molecule has 0 bridgehead atoms. The second-order valence-corrected chi connectivity index (χ2v) is 4.11. The maximum absolute atomic E-state index is 13.8. The van der Waals surface area contributed by atoms with Gasteiger partial charge < -0.3 is 4.57 Å². The van der Waals surface area contributed by atoms with E-state index in [-0.39, 0.29) is 12.0 Å². The van der Waals surface area contributed by atoms with Crippen LogP contribution in [0, 0.1) is 18.6 Å². The molecule has 0 aliphatic heterocycles. The van der Waals surface area contributed by atoms with Crippen molar-refractivity contribution in [2.45, 2.75) is 13.3 Å². The summed E-state index contributed by atoms with van der Waals surface area (Å²) in [6, 6.07) is 2.41. The molecule has 1 heterocycles. The van der Waals surface area contributed by atoms with Crippen molar-refractivity contribution in [1.82, 2.24) is 9.55 Å². The van der Waals surface area contributed by atoms with Crippen molar-refractivity contribution in [2.24, 2.45) is 7.05 Å². The highest BCUT2D eigenvalue weighted by Gasteiger charge is 2.20. The van der Waals surface area contributed by atoms with E-state index < -0.39 is 23.0 Å². The molecule has 18 heavy (non-hydrogen) atoms. The highest BCUT2D eigenvalue weighted by atomic mass is 19.1. The summed E-state index contributed by atoms with van der Waals surface area (Å²) in [4.78, 5) is 15.9. The van der Waals surface area contributed by atoms with Crippen LogP contribution >= 0.6 is 0 Å². The summed E-state index contributed by atoms with van der Waals surface area (Å²) in [5.74, 6) is -1.77. The zero-order valence-electron chi connectivity index (χ0n) is 10.1. The minimum atomic E-state index is -0.836. The van der Waals surface area contributed by atoms with Crippen LogP contribution in [0.25, 0.3) is 0 Å². The second-order valence-electron chi connectivity index (χ2n) is 4.11. The maximum atomic E-state index is 13.8. The Bertz CT molecular complexity index is 605. The van der Waals surface area contributed by atoms with Crippen molar-refractivity contribution < 1.29 is 13.6 Å². The largest absolute Gasteiger partial charge is 0.338 e. The molecule has 2 aromatic rings. The molecule has 5 heteroatoms. The van der Waals surface area contributed by atoms with Crippen LogP contribution in [0.1, 0.15) is 21.7 Å². The van der Waals surface area contributed by atoms with Crippen LogP contribution < -0.4 is 0 Å². The lowest BCUT2D eigenvalue weighted by atomic mass is 10.0. The first-order valence-electron chi connectivity index (χ1n) is 5.44. The van der Waals surface area contributed by atoms with Gasteiger partial charge in [0.25, 0.3) is 0 Å². The van der Waals surface area contributed by atoms with E-state index >= 15 is 0 Å². The number of aromatic nitrogens is 2. The van der Waals surface area contributed by atoms with Gasteiger partial charge in [0.1, 0.15) is 17.5 Å². The number of hydrogen-bond acceptors (Lipinski definition) is 2. The Kier molecular flexibility index (Phi) is 3.23. The third-order valence-corrected chi connectivity index (χ3v) is 2.80. The highest BCUT2D eigenvalue weighted by molar-refractivity contribution is 5.97. The monoisotopic (exact) mass is 250 g/mol. The summed E-state index contributed by atoms with van der Waals surface area (Å²) in [7, 11) is 1.72. The standard InChI is InChI=1S/C13H12F2N2O/c1-8-3-4-9(14)12(13(8)15)10(18)7-11-16-5-6-17(11)2/h3-6H,7H2,1-2H3. The number of benzene rings is 1. The van der Waals surface area contributed by atoms with E-state index in [1.54, 1.807) is 17.8 Å². The number of rotatable bonds is 3. The molecule has 0 spiro atoms. The van der Waals surface area contributed by atoms with Gasteiger partial charge in [-0.15, -0.1) is 0 Å². The number of imidazole rings is 1. The van der Waals surface area contributed by atoms with Crippen LogP contribution in [0.5, 0.6) is 0 Å². The summed E-state index contributed by atoms with van der Waals surface area (Å²) < 4.78 is 28.9. The van der Waals surface area contributed by atoms with E-state index in [0.717, 1.165) is 6.07 Å². The predicted molar refractivity (Wildman–Crippen MR) is 62.3 cm³/mol. The van der Waals surface area contributed by atoms with E-state index in [1.165, 1.54) is 19.2 Å². The molecule has 0 aliphatic rings. The quantitative estimate of drug-likeness (QED) is 0.784. The lowest BCUT2D eigenvalue weighted by Crippen LogP contribution is -2.12. The van der Waals surface area contributed by atoms with Gasteiger partial charge in [0, 0.05) is 19.4 Å². The minimum absolute atomic E-state index is 0.124. The molecule has 1 aromatic carbocycles. The molecule has 0 fully saturated rings. The third-order valence-electron chi connectivity index (χ3n) is 2.80. The predicted octanol–water partition coefficient (Wildman–Crippen LogP) is 2.43. The number of Topliss-reactive ketones (excluding diaryl/α,β-unsaturated/α-hetero) is 1. The molecule has 2 rings (SSSR count). The van der Waals surface area contributed by atoms with Crippen LogP contribution in [0.4, 0.5) is 8.78 Å². The molecular formula is C13H12F2N2O. The maximum Gasteiger partial charge on any atom is 0.176 e. The Hall–Kier alpha value is -2.04. The Morgan fingerprint density at radius 2 is 2.11 bits per heavy atom. The number of hydrogen-bond donors (Lipinski definition) is 0. The molecule has 0 saturated carbocycles. The number of nitrogens with zero attached hydrogens (tertiary/aromatic N) is 2. The van der Waals surface area contributed by atoms with Crippen LogP contribution in [-0.2, 0) is 13.5 Å². The van der Waals surface area contributed by atoms with Crippen molar-refractivity contribution in [3.8, 4) is 0 Å². The molecule has 0 N–H and O–H groups in total. The van der Waals surface area contributed by atoms with Gasteiger partial charge in [-0.3, -0.25) is 4.79 Å². The highest BCUT2D eigenvalue weighted by Crippen LogP contribution is 2.18. The van der Waals surface area contributed by atoms with Gasteiger partial charge in [-0.25, -0.2) is 13.8 Å². The SMILES string of the molecule is Cc1ccc(F)c(C(=O)Cc2nccn2C)c1F. The van der Waals surface area contributed by atoms with Crippen molar-refractivity contribution in [1.29, 1.82) is 0 Å². The van der Waals surface area contributed by atoms with Gasteiger partial charge in [-0.05, 0) is 18.6 Å². The van der Waals surface area contributed by atoms with Crippen molar-refractivity contribution in [3.05, 3.63) is 53.1 Å². The molecular weight excluding hydrogens is 238 g/mol. The number of aryl methyl sites for hydroxylation is 2. The van der Waals surface area contributed by atoms with Crippen molar-refractivity contribution in [2.75, 3.05) is 0 Å². The van der Waals surface area contributed by atoms with E-state index in [2.05, 4.69) is 4.98 Å². The number of halogens is 2. The minimum Gasteiger partial charge on any atom is -0.338 e. The Morgan fingerprint density at radius 1 is 1.39 bits per heavy atom. The number of carbonyl (C=O) groups excluding carboxylic acids is 1. The van der Waals surface area contributed by atoms with Crippen LogP contribution in [0.3, 0.4) is 0 Å². The Balaban J connectivity index is 2.35. The Labute approximate surface area is 103 Å². The van der Waals surface area contributed by atoms with E-state index in [1.807, 2.05) is 0 Å². The number of carbonyl (C=O) groups is 1. The van der Waals surface area contributed by atoms with Crippen LogP contribution in [0.15, 0.2) is 24.5 Å². The van der Waals surface area contributed by atoms with Crippen molar-refractivity contribution >= 4 is 5.78 Å². The Morgan fingerprint density at radius 3 is 2.72 bits per heavy atom. The zero-order chi connectivity index (χ0) is 13.3. The second kappa shape index (κ2) is 4.68. The summed E-state index contributed by atoms with van der Waals surface area (Å²) in [6.45, 7) is 1.49. The van der Waals surface area contributed by atoms with Crippen LogP contribution in [-0.4, -0.2) is 15.3 Å². The lowest BCUT2D eigenvalue weighted by molar-refractivity contribution is 0.0981. The first kappa shape index (κ1) is 12.4. The van der Waals surface area contributed by atoms with Gasteiger partial charge in [0.05, 0.1) is 12.0 Å². The molecule has 1 aromatic heterocycles. The van der Waals surface area contributed by atoms with Gasteiger partial charge in [0.15, 0.2) is 5.78 Å². The fourth-order valence-electron chi connectivity index (χ4n) is 1.71. The molecule has 94 valence electrons. The lowest BCUT2D eigenvalue weighted by Gasteiger charge is -2.06. The molecule has 0 radical (unpaired) electrons. The molecule has 3 nitrogen and oxygen atoms in total. The molecule has 0 atom stereocenters. The smallest absolute Gasteiger partial charge is 0.176 e. The van der Waals surface area contributed by atoms with Gasteiger partial charge in [-0.2, -0.15) is 0 Å². The van der Waals surface area contributed by atoms with E-state index in [9.17, 15) is 13.6 Å². The normalized spacial score (nSPS) is 10.7. The fraction of sp³-hybridized carbons (Fsp3) is 0.231. The molecule has 0 aliphatic carbocycles. The summed E-state index contributed by atoms with van der Waals surface area (Å²) in [5, 5.41) is 0. The summed E-state index contributed by atoms with van der Waals surface area (Å²) >= 11 is 0. The average molecular weight is 250 g/mol. The molecule has 0 saturated heterocycles. The first-order valence-corrected chi connectivity index (χ1v) is 5.44. The van der Waals surface area contributed by atoms with Crippen LogP contribution in [0.2, 0.25) is 0 Å². The summed E-state index contributed by atoms with van der Waals surface area (Å²) in [5.41, 5.74) is -0.238. The van der Waals surface area contributed by atoms with E-state index in [0.29, 0.717) is 5.82 Å². The van der Waals surface area contributed by atoms with Gasteiger partial charge >= 0.3 is 0 Å². The summed E-state index contributed by atoms with van der Waals surface area (Å²) in [6.07, 6.45) is 3.08. The molecule has 0 unspecified atom stereocenters. The first-order chi connectivity index (χ1) is 8.50. The fourth-order valence-corrected chi connectivity index (χ4v) is 1.71. The topological polar surface area (TPSA) is 34.9 Å².